The van der Waals surface area contributed by atoms with Crippen LogP contribution >= 0.6 is 0 Å². The summed E-state index contributed by atoms with van der Waals surface area (Å²) in [7, 11) is 0. The Labute approximate surface area is 124 Å². The summed E-state index contributed by atoms with van der Waals surface area (Å²) in [6.07, 6.45) is 6.26. The number of fused-ring (bicyclic) bond motifs is 1. The Kier molecular flexibility index (Phi) is 4.25. The van der Waals surface area contributed by atoms with Crippen molar-refractivity contribution in [3.8, 4) is 5.75 Å². The molecule has 2 heterocycles. The number of hydrogen-bond acceptors (Lipinski definition) is 4. The Morgan fingerprint density at radius 1 is 1.24 bits per heavy atom. The second-order valence-corrected chi connectivity index (χ2v) is 5.52. The minimum atomic E-state index is -0.0223. The maximum absolute atomic E-state index is 11.7. The predicted octanol–water partition coefficient (Wildman–Crippen LogP) is 3.39. The summed E-state index contributed by atoms with van der Waals surface area (Å²) in [5, 5.41) is 0.593. The first kappa shape index (κ1) is 14.1. The molecule has 1 aliphatic heterocycles. The molecule has 1 aliphatic rings. The van der Waals surface area contributed by atoms with Crippen LogP contribution in [0.25, 0.3) is 11.0 Å². The predicted molar refractivity (Wildman–Crippen MR) is 82.6 cm³/mol. The monoisotopic (exact) mass is 287 g/mol. The molecule has 1 aromatic heterocycles. The van der Waals surface area contributed by atoms with Crippen molar-refractivity contribution in [2.45, 2.75) is 38.8 Å². The molecule has 21 heavy (non-hydrogen) atoms. The summed E-state index contributed by atoms with van der Waals surface area (Å²) in [5.74, 6) is 0.759. The Hall–Kier alpha value is -1.81. The molecule has 3 rings (SSSR count). The van der Waals surface area contributed by atoms with Gasteiger partial charge in [-0.2, -0.15) is 0 Å². The highest BCUT2D eigenvalue weighted by molar-refractivity contribution is 5.77. The fourth-order valence-electron chi connectivity index (χ4n) is 2.92. The van der Waals surface area contributed by atoms with Gasteiger partial charge in [0.05, 0.1) is 11.6 Å². The first-order valence-electron chi connectivity index (χ1n) is 7.70. The first-order chi connectivity index (χ1) is 10.3. The molecule has 0 saturated carbocycles. The highest BCUT2D eigenvalue weighted by Crippen LogP contribution is 2.22. The highest BCUT2D eigenvalue weighted by atomic mass is 16.5. The number of hydrogen-bond donors (Lipinski definition) is 0. The smallest absolute Gasteiger partial charge is 0.192 e. The van der Waals surface area contributed by atoms with Gasteiger partial charge in [-0.3, -0.25) is 9.69 Å². The van der Waals surface area contributed by atoms with Crippen molar-refractivity contribution in [2.24, 2.45) is 0 Å². The van der Waals surface area contributed by atoms with Crippen molar-refractivity contribution in [3.05, 3.63) is 40.8 Å². The van der Waals surface area contributed by atoms with Crippen molar-refractivity contribution in [2.75, 3.05) is 13.1 Å². The van der Waals surface area contributed by atoms with Crippen molar-refractivity contribution in [1.29, 1.82) is 0 Å². The van der Waals surface area contributed by atoms with E-state index in [1.165, 1.54) is 31.6 Å². The van der Waals surface area contributed by atoms with E-state index in [1.807, 2.05) is 12.1 Å². The summed E-state index contributed by atoms with van der Waals surface area (Å²) >= 11 is 0. The van der Waals surface area contributed by atoms with Crippen LogP contribution in [0.2, 0.25) is 0 Å². The summed E-state index contributed by atoms with van der Waals surface area (Å²) < 4.78 is 11.5. The number of likely N-dealkylation sites (tertiary alicyclic amines) is 1. The molecule has 0 amide bonds. The Bertz CT molecular complexity index is 658. The molecule has 0 spiro atoms. The van der Waals surface area contributed by atoms with E-state index >= 15 is 0 Å². The average molecular weight is 287 g/mol. The van der Waals surface area contributed by atoms with Crippen molar-refractivity contribution < 1.29 is 9.15 Å². The first-order valence-corrected chi connectivity index (χ1v) is 7.70. The van der Waals surface area contributed by atoms with Crippen molar-refractivity contribution in [1.82, 2.24) is 4.90 Å². The van der Waals surface area contributed by atoms with Crippen molar-refractivity contribution in [3.63, 3.8) is 0 Å². The summed E-state index contributed by atoms with van der Waals surface area (Å²) in [4.78, 5) is 14.1. The number of benzene rings is 1. The number of ether oxygens (including phenoxy) is 1. The van der Waals surface area contributed by atoms with Gasteiger partial charge in [0.1, 0.15) is 11.3 Å². The van der Waals surface area contributed by atoms with Gasteiger partial charge in [-0.15, -0.1) is 0 Å². The van der Waals surface area contributed by atoms with E-state index < -0.39 is 0 Å². The molecule has 0 N–H and O–H groups in total. The van der Waals surface area contributed by atoms with Crippen LogP contribution in [-0.2, 0) is 0 Å². The molecule has 1 saturated heterocycles. The van der Waals surface area contributed by atoms with Gasteiger partial charge in [-0.1, -0.05) is 13.3 Å². The van der Waals surface area contributed by atoms with Gasteiger partial charge >= 0.3 is 0 Å². The lowest BCUT2D eigenvalue weighted by molar-refractivity contribution is 0.00987. The Morgan fingerprint density at radius 2 is 2.05 bits per heavy atom. The van der Waals surface area contributed by atoms with Crippen LogP contribution in [0.3, 0.4) is 0 Å². The lowest BCUT2D eigenvalue weighted by atomic mass is 10.1. The third-order valence-corrected chi connectivity index (χ3v) is 4.05. The lowest BCUT2D eigenvalue weighted by Crippen LogP contribution is -2.42. The van der Waals surface area contributed by atoms with E-state index in [9.17, 15) is 4.79 Å². The minimum Gasteiger partial charge on any atom is -0.475 e. The molecule has 1 unspecified atom stereocenters. The highest BCUT2D eigenvalue weighted by Gasteiger charge is 2.20. The van der Waals surface area contributed by atoms with Gasteiger partial charge in [0.15, 0.2) is 11.7 Å². The normalized spacial score (nSPS) is 17.8. The number of nitrogens with zero attached hydrogens (tertiary/aromatic N) is 1. The van der Waals surface area contributed by atoms with Gasteiger partial charge < -0.3 is 9.15 Å². The third kappa shape index (κ3) is 3.10. The molecule has 4 nitrogen and oxygen atoms in total. The second-order valence-electron chi connectivity index (χ2n) is 5.52. The molecule has 1 fully saturated rings. The van der Waals surface area contributed by atoms with E-state index in [1.54, 1.807) is 6.07 Å². The van der Waals surface area contributed by atoms with Crippen LogP contribution in [-0.4, -0.2) is 24.2 Å². The zero-order chi connectivity index (χ0) is 14.7. The van der Waals surface area contributed by atoms with Crippen LogP contribution in [0.15, 0.2) is 39.7 Å². The van der Waals surface area contributed by atoms with E-state index in [4.69, 9.17) is 9.15 Å². The fourth-order valence-corrected chi connectivity index (χ4v) is 2.92. The molecule has 0 aliphatic carbocycles. The van der Waals surface area contributed by atoms with Gasteiger partial charge in [0.2, 0.25) is 0 Å². The van der Waals surface area contributed by atoms with Gasteiger partial charge in [0.25, 0.3) is 0 Å². The maximum Gasteiger partial charge on any atom is 0.192 e. The molecule has 2 aromatic rings. The molecular formula is C17H21NO3. The van der Waals surface area contributed by atoms with Crippen LogP contribution in [0, 0.1) is 0 Å². The van der Waals surface area contributed by atoms with Crippen LogP contribution in [0.5, 0.6) is 5.75 Å². The number of piperidine rings is 1. The molecule has 0 radical (unpaired) electrons. The zero-order valence-corrected chi connectivity index (χ0v) is 12.4. The summed E-state index contributed by atoms with van der Waals surface area (Å²) in [6.45, 7) is 4.34. The van der Waals surface area contributed by atoms with Crippen LogP contribution in [0.1, 0.15) is 32.6 Å². The standard InChI is InChI=1S/C17H21NO3/c1-2-17(18-9-4-3-5-10-18)21-13-6-7-14-15(19)8-11-20-16(14)12-13/h6-8,11-12,17H,2-5,9-10H2,1H3. The van der Waals surface area contributed by atoms with Gasteiger partial charge in [0, 0.05) is 25.2 Å². The lowest BCUT2D eigenvalue weighted by Gasteiger charge is -2.33. The molecule has 1 aromatic carbocycles. The van der Waals surface area contributed by atoms with E-state index in [-0.39, 0.29) is 11.7 Å². The number of rotatable bonds is 4. The van der Waals surface area contributed by atoms with Crippen LogP contribution in [0.4, 0.5) is 0 Å². The van der Waals surface area contributed by atoms with Gasteiger partial charge in [-0.25, -0.2) is 0 Å². The Morgan fingerprint density at radius 3 is 2.81 bits per heavy atom. The molecule has 1 atom stereocenters. The summed E-state index contributed by atoms with van der Waals surface area (Å²) in [5.41, 5.74) is 0.555. The van der Waals surface area contributed by atoms with Crippen LogP contribution < -0.4 is 10.2 Å². The SMILES string of the molecule is CCC(Oc1ccc2c(=O)ccoc2c1)N1CCCCC1. The summed E-state index contributed by atoms with van der Waals surface area (Å²) in [6, 6.07) is 6.88. The fraction of sp³-hybridized carbons (Fsp3) is 0.471. The topological polar surface area (TPSA) is 42.7 Å². The zero-order valence-electron chi connectivity index (χ0n) is 12.4. The third-order valence-electron chi connectivity index (χ3n) is 4.05. The quantitative estimate of drug-likeness (QED) is 0.864. The largest absolute Gasteiger partial charge is 0.475 e. The molecule has 4 heteroatoms. The van der Waals surface area contributed by atoms with E-state index in [0.29, 0.717) is 11.0 Å². The molecule has 112 valence electrons. The second kappa shape index (κ2) is 6.31. The van der Waals surface area contributed by atoms with E-state index in [0.717, 1.165) is 25.3 Å². The van der Waals surface area contributed by atoms with Gasteiger partial charge in [-0.05, 0) is 31.4 Å². The molecule has 0 bridgehead atoms. The van der Waals surface area contributed by atoms with E-state index in [2.05, 4.69) is 11.8 Å². The average Bonchev–Trinajstić information content (AvgIpc) is 2.53. The van der Waals surface area contributed by atoms with Crippen molar-refractivity contribution >= 4 is 11.0 Å². The maximum atomic E-state index is 11.7. The minimum absolute atomic E-state index is 0.0223. The Balaban J connectivity index is 1.81. The molecular weight excluding hydrogens is 266 g/mol.